The highest BCUT2D eigenvalue weighted by atomic mass is 16.1. The van der Waals surface area contributed by atoms with E-state index in [4.69, 9.17) is 0 Å². The van der Waals surface area contributed by atoms with Crippen LogP contribution in [0.1, 0.15) is 78.6 Å². The molecule has 0 bridgehead atoms. The molecule has 1 nitrogen and oxygen atoms in total. The van der Waals surface area contributed by atoms with Gasteiger partial charge in [-0.3, -0.25) is 4.79 Å². The topological polar surface area (TPSA) is 17.1 Å². The van der Waals surface area contributed by atoms with Crippen LogP contribution < -0.4 is 0 Å². The number of Topliss-reactive ketones (excluding diaryl/α,β-unsaturated/α-hetero) is 1. The van der Waals surface area contributed by atoms with Crippen molar-refractivity contribution in [2.75, 3.05) is 0 Å². The summed E-state index contributed by atoms with van der Waals surface area (Å²) < 4.78 is 0. The minimum Gasteiger partial charge on any atom is -0.300 e. The van der Waals surface area contributed by atoms with Crippen molar-refractivity contribution in [2.24, 2.45) is 40.4 Å². The number of rotatable bonds is 1. The summed E-state index contributed by atoms with van der Waals surface area (Å²) >= 11 is 0. The first kappa shape index (κ1) is 15.9. The second-order valence-electron chi connectivity index (χ2n) is 9.92. The molecule has 4 rings (SSSR count). The Labute approximate surface area is 142 Å². The molecule has 7 atom stereocenters. The molecule has 0 N–H and O–H groups in total. The molecule has 0 spiro atoms. The van der Waals surface area contributed by atoms with Crippen molar-refractivity contribution < 1.29 is 4.79 Å². The normalized spacial score (nSPS) is 52.5. The van der Waals surface area contributed by atoms with E-state index in [2.05, 4.69) is 27.4 Å². The van der Waals surface area contributed by atoms with Crippen LogP contribution in [0.25, 0.3) is 0 Å². The SMILES string of the molecule is C=C(C)[C@H]1CC[C@H]2[C@@H]3CC[C@@H]4CC(=O)CC[C@]4(C)[C@H]3CC[C@]12C. The van der Waals surface area contributed by atoms with E-state index in [1.165, 1.54) is 50.5 Å². The van der Waals surface area contributed by atoms with Crippen LogP contribution in [0.5, 0.6) is 0 Å². The summed E-state index contributed by atoms with van der Waals surface area (Å²) in [5.74, 6) is 4.71. The average molecular weight is 315 g/mol. The Kier molecular flexibility index (Phi) is 3.60. The third-order valence-electron chi connectivity index (χ3n) is 9.08. The molecule has 1 heteroatoms. The Morgan fingerprint density at radius 1 is 1.00 bits per heavy atom. The monoisotopic (exact) mass is 314 g/mol. The van der Waals surface area contributed by atoms with Crippen LogP contribution in [-0.4, -0.2) is 5.78 Å². The van der Waals surface area contributed by atoms with Crippen LogP contribution >= 0.6 is 0 Å². The van der Waals surface area contributed by atoms with Gasteiger partial charge in [0.2, 0.25) is 0 Å². The van der Waals surface area contributed by atoms with Gasteiger partial charge in [0.25, 0.3) is 0 Å². The Hall–Kier alpha value is -0.590. The summed E-state index contributed by atoms with van der Waals surface area (Å²) in [6.45, 7) is 11.7. The van der Waals surface area contributed by atoms with Crippen LogP contribution in [0.4, 0.5) is 0 Å². The van der Waals surface area contributed by atoms with E-state index in [1.807, 2.05) is 0 Å². The molecule has 0 saturated heterocycles. The third kappa shape index (κ3) is 2.14. The molecule has 4 fully saturated rings. The molecule has 0 aliphatic heterocycles. The maximum absolute atomic E-state index is 12.0. The Bertz CT molecular complexity index is 534. The summed E-state index contributed by atoms with van der Waals surface area (Å²) in [7, 11) is 0. The predicted molar refractivity (Wildman–Crippen MR) is 95.0 cm³/mol. The van der Waals surface area contributed by atoms with Gasteiger partial charge in [0.1, 0.15) is 5.78 Å². The summed E-state index contributed by atoms with van der Waals surface area (Å²) in [5, 5.41) is 0. The fourth-order valence-electron chi connectivity index (χ4n) is 7.85. The Morgan fingerprint density at radius 3 is 2.48 bits per heavy atom. The van der Waals surface area contributed by atoms with Gasteiger partial charge in [-0.25, -0.2) is 0 Å². The van der Waals surface area contributed by atoms with Crippen LogP contribution in [0.2, 0.25) is 0 Å². The number of fused-ring (bicyclic) bond motifs is 5. The smallest absolute Gasteiger partial charge is 0.133 e. The lowest BCUT2D eigenvalue weighted by Crippen LogP contribution is -2.53. The minimum absolute atomic E-state index is 0.458. The molecule has 0 radical (unpaired) electrons. The van der Waals surface area contributed by atoms with E-state index in [0.717, 1.165) is 36.5 Å². The number of carbonyl (C=O) groups is 1. The van der Waals surface area contributed by atoms with Gasteiger partial charge in [0, 0.05) is 12.8 Å². The van der Waals surface area contributed by atoms with Crippen molar-refractivity contribution in [1.82, 2.24) is 0 Å². The first-order chi connectivity index (χ1) is 10.9. The van der Waals surface area contributed by atoms with E-state index < -0.39 is 0 Å². The first-order valence-electron chi connectivity index (χ1n) is 10.0. The second-order valence-corrected chi connectivity index (χ2v) is 9.92. The average Bonchev–Trinajstić information content (AvgIpc) is 2.85. The Balaban J connectivity index is 1.63. The number of allylic oxidation sites excluding steroid dienone is 1. The third-order valence-corrected chi connectivity index (χ3v) is 9.08. The molecule has 23 heavy (non-hydrogen) atoms. The first-order valence-corrected chi connectivity index (χ1v) is 10.0. The van der Waals surface area contributed by atoms with Crippen LogP contribution in [0, 0.1) is 40.4 Å². The molecule has 128 valence electrons. The highest BCUT2D eigenvalue weighted by molar-refractivity contribution is 5.79. The molecular formula is C22H34O. The maximum atomic E-state index is 12.0. The fourth-order valence-corrected chi connectivity index (χ4v) is 7.85. The summed E-state index contributed by atoms with van der Waals surface area (Å²) in [6.07, 6.45) is 11.2. The van der Waals surface area contributed by atoms with Gasteiger partial charge in [0.05, 0.1) is 0 Å². The fraction of sp³-hybridized carbons (Fsp3) is 0.864. The van der Waals surface area contributed by atoms with E-state index >= 15 is 0 Å². The van der Waals surface area contributed by atoms with Crippen molar-refractivity contribution >= 4 is 5.78 Å². The molecule has 4 aliphatic carbocycles. The second kappa shape index (κ2) is 5.20. The minimum atomic E-state index is 0.458. The van der Waals surface area contributed by atoms with E-state index in [1.54, 1.807) is 0 Å². The Morgan fingerprint density at radius 2 is 1.74 bits per heavy atom. The highest BCUT2D eigenvalue weighted by Crippen LogP contribution is 2.67. The number of carbonyl (C=O) groups excluding carboxylic acids is 1. The zero-order valence-electron chi connectivity index (χ0n) is 15.4. The zero-order valence-corrected chi connectivity index (χ0v) is 15.4. The largest absolute Gasteiger partial charge is 0.300 e. The number of hydrogen-bond acceptors (Lipinski definition) is 1. The van der Waals surface area contributed by atoms with E-state index in [0.29, 0.717) is 22.5 Å². The maximum Gasteiger partial charge on any atom is 0.133 e. The lowest BCUT2D eigenvalue weighted by atomic mass is 9.44. The van der Waals surface area contributed by atoms with Crippen molar-refractivity contribution in [1.29, 1.82) is 0 Å². The van der Waals surface area contributed by atoms with Crippen LogP contribution in [-0.2, 0) is 4.79 Å². The van der Waals surface area contributed by atoms with Gasteiger partial charge in [0.15, 0.2) is 0 Å². The highest BCUT2D eigenvalue weighted by Gasteiger charge is 2.60. The van der Waals surface area contributed by atoms with Crippen molar-refractivity contribution in [3.8, 4) is 0 Å². The molecule has 0 aromatic carbocycles. The molecular weight excluding hydrogens is 280 g/mol. The summed E-state index contributed by atoms with van der Waals surface area (Å²) in [6, 6.07) is 0. The van der Waals surface area contributed by atoms with Crippen LogP contribution in [0.15, 0.2) is 12.2 Å². The van der Waals surface area contributed by atoms with Gasteiger partial charge in [-0.05, 0) is 92.3 Å². The van der Waals surface area contributed by atoms with Gasteiger partial charge in [-0.2, -0.15) is 0 Å². The standard InChI is InChI=1S/C22H34O/c1-14(2)18-7-8-19-17-6-5-15-13-16(23)9-11-21(15,3)20(17)10-12-22(18,19)4/h15,17-20H,1,5-13H2,2-4H3/t15-,17+,18-,19+,20+,21+,22-/m1/s1. The predicted octanol–water partition coefficient (Wildman–Crippen LogP) is 5.79. The lowest BCUT2D eigenvalue weighted by molar-refractivity contribution is -0.139. The lowest BCUT2D eigenvalue weighted by Gasteiger charge is -2.60. The van der Waals surface area contributed by atoms with E-state index in [9.17, 15) is 4.79 Å². The van der Waals surface area contributed by atoms with Crippen molar-refractivity contribution in [2.45, 2.75) is 78.6 Å². The molecule has 0 aromatic heterocycles. The molecule has 0 amide bonds. The number of hydrogen-bond donors (Lipinski definition) is 0. The summed E-state index contributed by atoms with van der Waals surface area (Å²) in [5.41, 5.74) is 2.40. The summed E-state index contributed by atoms with van der Waals surface area (Å²) in [4.78, 5) is 12.0. The molecule has 0 unspecified atom stereocenters. The molecule has 4 saturated carbocycles. The number of ketones is 1. The quantitative estimate of drug-likeness (QED) is 0.560. The van der Waals surface area contributed by atoms with Crippen molar-refractivity contribution in [3.05, 3.63) is 12.2 Å². The van der Waals surface area contributed by atoms with Gasteiger partial charge in [-0.15, -0.1) is 0 Å². The van der Waals surface area contributed by atoms with Gasteiger partial charge < -0.3 is 0 Å². The van der Waals surface area contributed by atoms with Gasteiger partial charge in [-0.1, -0.05) is 26.0 Å². The molecule has 0 aromatic rings. The molecule has 4 aliphatic rings. The van der Waals surface area contributed by atoms with Crippen molar-refractivity contribution in [3.63, 3.8) is 0 Å². The van der Waals surface area contributed by atoms with E-state index in [-0.39, 0.29) is 0 Å². The van der Waals surface area contributed by atoms with Gasteiger partial charge >= 0.3 is 0 Å². The molecule has 0 heterocycles. The van der Waals surface area contributed by atoms with Crippen LogP contribution in [0.3, 0.4) is 0 Å². The zero-order chi connectivity index (χ0) is 16.4.